The summed E-state index contributed by atoms with van der Waals surface area (Å²) in [5.41, 5.74) is 0.715. The van der Waals surface area contributed by atoms with Gasteiger partial charge in [0.05, 0.1) is 6.04 Å². The Labute approximate surface area is 113 Å². The van der Waals surface area contributed by atoms with Crippen molar-refractivity contribution in [3.63, 3.8) is 0 Å². The van der Waals surface area contributed by atoms with Crippen LogP contribution in [0.5, 0.6) is 0 Å². The van der Waals surface area contributed by atoms with Crippen LogP contribution in [0.1, 0.15) is 18.4 Å². The van der Waals surface area contributed by atoms with Gasteiger partial charge in [0.1, 0.15) is 5.82 Å². The number of likely N-dealkylation sites (tertiary alicyclic amines) is 1. The summed E-state index contributed by atoms with van der Waals surface area (Å²) < 4.78 is 13.9. The number of amides is 1. The molecule has 1 amide bonds. The van der Waals surface area contributed by atoms with Gasteiger partial charge in [-0.2, -0.15) is 0 Å². The molecule has 18 heavy (non-hydrogen) atoms. The zero-order valence-electron chi connectivity index (χ0n) is 9.64. The van der Waals surface area contributed by atoms with E-state index in [-0.39, 0.29) is 11.9 Å². The molecular weight excluding hydrogens is 301 g/mol. The number of halogens is 2. The minimum atomic E-state index is -0.902. The number of benzene rings is 1. The minimum Gasteiger partial charge on any atom is -0.465 e. The summed E-state index contributed by atoms with van der Waals surface area (Å²) in [6.45, 7) is 0.564. The van der Waals surface area contributed by atoms with Crippen LogP contribution in [-0.2, 0) is 0 Å². The summed E-state index contributed by atoms with van der Waals surface area (Å²) in [6.07, 6.45) is 4.36. The van der Waals surface area contributed by atoms with Crippen molar-refractivity contribution in [2.75, 3.05) is 6.54 Å². The summed E-state index contributed by atoms with van der Waals surface area (Å²) in [5, 5.41) is 9.00. The van der Waals surface area contributed by atoms with Gasteiger partial charge in [0.2, 0.25) is 0 Å². The van der Waals surface area contributed by atoms with Gasteiger partial charge in [0.25, 0.3) is 0 Å². The highest BCUT2D eigenvalue weighted by Crippen LogP contribution is 2.23. The number of hydrogen-bond donors (Lipinski definition) is 1. The van der Waals surface area contributed by atoms with E-state index < -0.39 is 6.09 Å². The van der Waals surface area contributed by atoms with E-state index in [1.807, 2.05) is 6.08 Å². The molecule has 0 aromatic heterocycles. The van der Waals surface area contributed by atoms with E-state index in [1.165, 1.54) is 17.0 Å². The van der Waals surface area contributed by atoms with Crippen LogP contribution in [-0.4, -0.2) is 28.7 Å². The topological polar surface area (TPSA) is 40.5 Å². The van der Waals surface area contributed by atoms with Crippen LogP contribution in [0.2, 0.25) is 0 Å². The van der Waals surface area contributed by atoms with Crippen LogP contribution >= 0.6 is 15.9 Å². The quantitative estimate of drug-likeness (QED) is 0.903. The number of nitrogens with zero attached hydrogens (tertiary/aromatic N) is 1. The smallest absolute Gasteiger partial charge is 0.407 e. The maximum atomic E-state index is 13.1. The maximum Gasteiger partial charge on any atom is 0.407 e. The Morgan fingerprint density at radius 1 is 1.56 bits per heavy atom. The van der Waals surface area contributed by atoms with Gasteiger partial charge in [0.15, 0.2) is 0 Å². The molecule has 96 valence electrons. The predicted octanol–water partition coefficient (Wildman–Crippen LogP) is 3.74. The van der Waals surface area contributed by atoms with Crippen molar-refractivity contribution in [1.82, 2.24) is 4.90 Å². The molecule has 1 heterocycles. The second kappa shape index (κ2) is 5.52. The molecule has 0 radical (unpaired) electrons. The second-order valence-electron chi connectivity index (χ2n) is 4.21. The number of hydrogen-bond acceptors (Lipinski definition) is 1. The normalized spacial score (nSPS) is 19.7. The van der Waals surface area contributed by atoms with E-state index in [2.05, 4.69) is 15.9 Å². The molecule has 1 aliphatic heterocycles. The molecule has 0 spiro atoms. The molecule has 0 bridgehead atoms. The zero-order valence-corrected chi connectivity index (χ0v) is 11.2. The van der Waals surface area contributed by atoms with E-state index in [0.717, 1.165) is 17.3 Å². The van der Waals surface area contributed by atoms with Crippen molar-refractivity contribution < 1.29 is 14.3 Å². The third-order valence-corrected chi connectivity index (χ3v) is 3.72. The van der Waals surface area contributed by atoms with E-state index >= 15 is 0 Å². The van der Waals surface area contributed by atoms with Crippen LogP contribution in [0, 0.1) is 5.82 Å². The molecule has 1 aliphatic rings. The Bertz CT molecular complexity index is 490. The lowest BCUT2D eigenvalue weighted by Gasteiger charge is -2.17. The van der Waals surface area contributed by atoms with Crippen molar-refractivity contribution >= 4 is 28.1 Å². The monoisotopic (exact) mass is 313 g/mol. The predicted molar refractivity (Wildman–Crippen MR) is 70.9 cm³/mol. The molecule has 1 unspecified atom stereocenters. The molecular formula is C13H13BrFNO2. The number of carbonyl (C=O) groups is 1. The Kier molecular flexibility index (Phi) is 4.01. The highest BCUT2D eigenvalue weighted by molar-refractivity contribution is 9.10. The highest BCUT2D eigenvalue weighted by Gasteiger charge is 2.26. The zero-order chi connectivity index (χ0) is 13.1. The van der Waals surface area contributed by atoms with Crippen LogP contribution in [0.3, 0.4) is 0 Å². The van der Waals surface area contributed by atoms with Crippen molar-refractivity contribution in [3.05, 3.63) is 40.1 Å². The van der Waals surface area contributed by atoms with Crippen LogP contribution < -0.4 is 0 Å². The van der Waals surface area contributed by atoms with Gasteiger partial charge >= 0.3 is 6.09 Å². The van der Waals surface area contributed by atoms with Gasteiger partial charge in [-0.15, -0.1) is 0 Å². The third kappa shape index (κ3) is 2.90. The van der Waals surface area contributed by atoms with Gasteiger partial charge in [-0.1, -0.05) is 28.1 Å². The van der Waals surface area contributed by atoms with Gasteiger partial charge in [-0.05, 0) is 36.6 Å². The standard InChI is InChI=1S/C13H13BrFNO2/c14-12-6-4-10(15)8-9(12)3-5-11-2-1-7-16(11)13(17)18/h3-6,8,11H,1-2,7H2,(H,17,18). The van der Waals surface area contributed by atoms with Crippen LogP contribution in [0.4, 0.5) is 9.18 Å². The SMILES string of the molecule is O=C(O)N1CCCC1C=Cc1cc(F)ccc1Br. The Balaban J connectivity index is 2.15. The Morgan fingerprint density at radius 3 is 3.06 bits per heavy atom. The van der Waals surface area contributed by atoms with E-state index in [0.29, 0.717) is 12.1 Å². The van der Waals surface area contributed by atoms with Crippen molar-refractivity contribution in [2.45, 2.75) is 18.9 Å². The lowest BCUT2D eigenvalue weighted by atomic mass is 10.1. The van der Waals surface area contributed by atoms with Crippen molar-refractivity contribution in [2.24, 2.45) is 0 Å². The molecule has 2 rings (SSSR count). The van der Waals surface area contributed by atoms with Crippen LogP contribution in [0.25, 0.3) is 6.08 Å². The Morgan fingerprint density at radius 2 is 2.33 bits per heavy atom. The molecule has 1 aromatic carbocycles. The lowest BCUT2D eigenvalue weighted by Crippen LogP contribution is -2.32. The molecule has 1 saturated heterocycles. The van der Waals surface area contributed by atoms with Crippen molar-refractivity contribution in [3.8, 4) is 0 Å². The number of rotatable bonds is 2. The maximum absolute atomic E-state index is 13.1. The largest absolute Gasteiger partial charge is 0.465 e. The third-order valence-electron chi connectivity index (χ3n) is 3.00. The fraction of sp³-hybridized carbons (Fsp3) is 0.308. The van der Waals surface area contributed by atoms with E-state index in [1.54, 1.807) is 12.1 Å². The fourth-order valence-electron chi connectivity index (χ4n) is 2.09. The van der Waals surface area contributed by atoms with Gasteiger partial charge in [-0.25, -0.2) is 9.18 Å². The summed E-state index contributed by atoms with van der Waals surface area (Å²) in [5.74, 6) is -0.306. The summed E-state index contributed by atoms with van der Waals surface area (Å²) in [4.78, 5) is 12.4. The summed E-state index contributed by atoms with van der Waals surface area (Å²) in [7, 11) is 0. The molecule has 0 aliphatic carbocycles. The lowest BCUT2D eigenvalue weighted by molar-refractivity contribution is 0.147. The fourth-order valence-corrected chi connectivity index (χ4v) is 2.47. The minimum absolute atomic E-state index is 0.113. The Hall–Kier alpha value is -1.36. The first-order valence-electron chi connectivity index (χ1n) is 5.71. The van der Waals surface area contributed by atoms with Gasteiger partial charge in [0, 0.05) is 11.0 Å². The van der Waals surface area contributed by atoms with Crippen molar-refractivity contribution in [1.29, 1.82) is 0 Å². The van der Waals surface area contributed by atoms with E-state index in [9.17, 15) is 9.18 Å². The van der Waals surface area contributed by atoms with Gasteiger partial charge in [-0.3, -0.25) is 0 Å². The molecule has 0 saturated carbocycles. The molecule has 5 heteroatoms. The first kappa shape index (κ1) is 13.1. The highest BCUT2D eigenvalue weighted by atomic mass is 79.9. The first-order valence-corrected chi connectivity index (χ1v) is 6.50. The molecule has 1 N–H and O–H groups in total. The van der Waals surface area contributed by atoms with Gasteiger partial charge < -0.3 is 10.0 Å². The molecule has 1 aromatic rings. The van der Waals surface area contributed by atoms with Crippen LogP contribution in [0.15, 0.2) is 28.7 Å². The molecule has 1 atom stereocenters. The number of carboxylic acid groups (broad SMARTS) is 1. The molecule has 1 fully saturated rings. The average Bonchev–Trinajstić information content (AvgIpc) is 2.79. The average molecular weight is 314 g/mol. The molecule has 3 nitrogen and oxygen atoms in total. The summed E-state index contributed by atoms with van der Waals surface area (Å²) in [6, 6.07) is 4.32. The summed E-state index contributed by atoms with van der Waals surface area (Å²) >= 11 is 3.34. The second-order valence-corrected chi connectivity index (χ2v) is 5.06. The first-order chi connectivity index (χ1) is 8.58. The van der Waals surface area contributed by atoms with E-state index in [4.69, 9.17) is 5.11 Å².